The van der Waals surface area contributed by atoms with Crippen molar-refractivity contribution in [2.45, 2.75) is 4.90 Å². The van der Waals surface area contributed by atoms with Crippen LogP contribution in [-0.2, 0) is 10.0 Å². The number of fused-ring (bicyclic) bond motifs is 1. The molecule has 1 N–H and O–H groups in total. The highest BCUT2D eigenvalue weighted by Gasteiger charge is 2.16. The van der Waals surface area contributed by atoms with E-state index in [1.54, 1.807) is 36.5 Å². The third-order valence-corrected chi connectivity index (χ3v) is 4.59. The lowest BCUT2D eigenvalue weighted by atomic mass is 10.2. The number of pyridine rings is 2. The molecular weight excluding hydrogens is 310 g/mol. The summed E-state index contributed by atoms with van der Waals surface area (Å²) in [6, 6.07) is 9.78. The van der Waals surface area contributed by atoms with Gasteiger partial charge >= 0.3 is 0 Å². The Morgan fingerprint density at radius 3 is 2.62 bits per heavy atom. The van der Waals surface area contributed by atoms with Gasteiger partial charge in [-0.05, 0) is 36.4 Å². The first-order valence-corrected chi connectivity index (χ1v) is 7.90. The zero-order chi connectivity index (χ0) is 14.9. The fourth-order valence-corrected chi connectivity index (χ4v) is 3.17. The van der Waals surface area contributed by atoms with Crippen LogP contribution >= 0.6 is 11.6 Å². The van der Waals surface area contributed by atoms with Crippen LogP contribution in [0.5, 0.6) is 0 Å². The third-order valence-electron chi connectivity index (χ3n) is 2.91. The molecule has 0 fully saturated rings. The number of benzene rings is 1. The summed E-state index contributed by atoms with van der Waals surface area (Å²) >= 11 is 6.09. The molecule has 7 heteroatoms. The number of hydrogen-bond donors (Lipinski definition) is 1. The van der Waals surface area contributed by atoms with Crippen LogP contribution in [0, 0.1) is 0 Å². The maximum atomic E-state index is 12.3. The van der Waals surface area contributed by atoms with Crippen molar-refractivity contribution >= 4 is 38.2 Å². The lowest BCUT2D eigenvalue weighted by molar-refractivity contribution is 0.601. The highest BCUT2D eigenvalue weighted by Crippen LogP contribution is 2.29. The zero-order valence-electron chi connectivity index (χ0n) is 10.7. The number of rotatable bonds is 3. The Labute approximate surface area is 126 Å². The van der Waals surface area contributed by atoms with Crippen molar-refractivity contribution in [1.82, 2.24) is 9.97 Å². The van der Waals surface area contributed by atoms with Gasteiger partial charge in [-0.15, -0.1) is 0 Å². The van der Waals surface area contributed by atoms with Crippen molar-refractivity contribution < 1.29 is 8.42 Å². The number of anilines is 1. The number of nitrogens with zero attached hydrogens (tertiary/aromatic N) is 2. The molecule has 0 aliphatic heterocycles. The second kappa shape index (κ2) is 5.31. The lowest BCUT2D eigenvalue weighted by Gasteiger charge is -2.10. The Morgan fingerprint density at radius 2 is 1.86 bits per heavy atom. The van der Waals surface area contributed by atoms with E-state index in [0.29, 0.717) is 21.6 Å². The zero-order valence-corrected chi connectivity index (χ0v) is 12.3. The summed E-state index contributed by atoms with van der Waals surface area (Å²) in [4.78, 5) is 8.09. The molecule has 0 amide bonds. The summed E-state index contributed by atoms with van der Waals surface area (Å²) < 4.78 is 27.2. The maximum absolute atomic E-state index is 12.3. The maximum Gasteiger partial charge on any atom is 0.263 e. The Bertz CT molecular complexity index is 898. The van der Waals surface area contributed by atoms with Crippen LogP contribution in [0.15, 0.2) is 59.9 Å². The summed E-state index contributed by atoms with van der Waals surface area (Å²) in [7, 11) is -3.71. The van der Waals surface area contributed by atoms with E-state index >= 15 is 0 Å². The molecule has 0 unspecified atom stereocenters. The van der Waals surface area contributed by atoms with Gasteiger partial charge in [0, 0.05) is 24.0 Å². The van der Waals surface area contributed by atoms with Crippen LogP contribution in [0.1, 0.15) is 0 Å². The van der Waals surface area contributed by atoms with E-state index in [1.165, 1.54) is 18.5 Å². The number of halogens is 1. The van der Waals surface area contributed by atoms with Crippen molar-refractivity contribution in [3.8, 4) is 0 Å². The van der Waals surface area contributed by atoms with Crippen LogP contribution in [0.3, 0.4) is 0 Å². The Hall–Kier alpha value is -2.18. The van der Waals surface area contributed by atoms with Crippen LogP contribution in [0.4, 0.5) is 5.69 Å². The molecule has 1 aromatic carbocycles. The van der Waals surface area contributed by atoms with Crippen molar-refractivity contribution in [3.63, 3.8) is 0 Å². The third kappa shape index (κ3) is 2.68. The summed E-state index contributed by atoms with van der Waals surface area (Å²) in [5.41, 5.74) is 0.872. The van der Waals surface area contributed by atoms with Gasteiger partial charge < -0.3 is 0 Å². The second-order valence-corrected chi connectivity index (χ2v) is 6.38. The van der Waals surface area contributed by atoms with E-state index in [0.717, 1.165) is 0 Å². The van der Waals surface area contributed by atoms with Gasteiger partial charge in [0.15, 0.2) is 0 Å². The number of nitrogens with one attached hydrogen (secondary N) is 1. The molecule has 21 heavy (non-hydrogen) atoms. The molecule has 106 valence electrons. The molecule has 0 aliphatic rings. The first-order valence-electron chi connectivity index (χ1n) is 6.04. The second-order valence-electron chi connectivity index (χ2n) is 4.29. The highest BCUT2D eigenvalue weighted by atomic mass is 35.5. The van der Waals surface area contributed by atoms with Gasteiger partial charge in [-0.1, -0.05) is 11.6 Å². The molecular formula is C14H10ClN3O2S. The van der Waals surface area contributed by atoms with Gasteiger partial charge in [0.2, 0.25) is 0 Å². The normalized spacial score (nSPS) is 11.5. The molecule has 5 nitrogen and oxygen atoms in total. The van der Waals surface area contributed by atoms with E-state index in [1.807, 2.05) is 0 Å². The van der Waals surface area contributed by atoms with Crippen LogP contribution in [0.25, 0.3) is 10.9 Å². The summed E-state index contributed by atoms with van der Waals surface area (Å²) in [5.74, 6) is 0. The summed E-state index contributed by atoms with van der Waals surface area (Å²) in [6.07, 6.45) is 4.38. The number of sulfonamides is 1. The monoisotopic (exact) mass is 319 g/mol. The fourth-order valence-electron chi connectivity index (χ4n) is 1.93. The van der Waals surface area contributed by atoms with Gasteiger partial charge in [0.1, 0.15) is 4.90 Å². The molecule has 0 atom stereocenters. The molecule has 2 aromatic heterocycles. The average Bonchev–Trinajstić information content (AvgIpc) is 2.51. The molecule has 3 rings (SSSR count). The SMILES string of the molecule is O=S(=O)(Nc1ccc(Cl)c2cccnc12)c1cccnc1. The number of hydrogen-bond acceptors (Lipinski definition) is 4. The highest BCUT2D eigenvalue weighted by molar-refractivity contribution is 7.92. The van der Waals surface area contributed by atoms with Gasteiger partial charge in [0.25, 0.3) is 10.0 Å². The Kier molecular flexibility index (Phi) is 3.48. The van der Waals surface area contributed by atoms with Crippen LogP contribution in [0.2, 0.25) is 5.02 Å². The molecule has 0 spiro atoms. The minimum Gasteiger partial charge on any atom is -0.277 e. The van der Waals surface area contributed by atoms with Gasteiger partial charge in [-0.25, -0.2) is 8.42 Å². The predicted molar refractivity (Wildman–Crippen MR) is 81.8 cm³/mol. The largest absolute Gasteiger partial charge is 0.277 e. The summed E-state index contributed by atoms with van der Waals surface area (Å²) in [6.45, 7) is 0. The molecule has 0 bridgehead atoms. The lowest BCUT2D eigenvalue weighted by Crippen LogP contribution is -2.13. The molecule has 2 heterocycles. The van der Waals surface area contributed by atoms with Crippen molar-refractivity contribution in [2.75, 3.05) is 4.72 Å². The van der Waals surface area contributed by atoms with Gasteiger partial charge in [0.05, 0.1) is 16.2 Å². The Morgan fingerprint density at radius 1 is 1.05 bits per heavy atom. The molecule has 0 aliphatic carbocycles. The van der Waals surface area contributed by atoms with Gasteiger partial charge in [-0.3, -0.25) is 14.7 Å². The first kappa shape index (κ1) is 13.8. The van der Waals surface area contributed by atoms with Gasteiger partial charge in [-0.2, -0.15) is 0 Å². The number of aromatic nitrogens is 2. The van der Waals surface area contributed by atoms with Crippen LogP contribution in [-0.4, -0.2) is 18.4 Å². The average molecular weight is 320 g/mol. The topological polar surface area (TPSA) is 72.0 Å². The minimum atomic E-state index is -3.71. The van der Waals surface area contributed by atoms with Crippen molar-refractivity contribution in [3.05, 3.63) is 60.0 Å². The van der Waals surface area contributed by atoms with E-state index in [4.69, 9.17) is 11.6 Å². The van der Waals surface area contributed by atoms with E-state index in [-0.39, 0.29) is 4.90 Å². The first-order chi connectivity index (χ1) is 10.1. The molecule has 0 saturated heterocycles. The molecule has 0 radical (unpaired) electrons. The molecule has 0 saturated carbocycles. The minimum absolute atomic E-state index is 0.0871. The standard InChI is InChI=1S/C14H10ClN3O2S/c15-12-5-6-13(14-11(12)4-2-8-17-14)18-21(19,20)10-3-1-7-16-9-10/h1-9,18H. The van der Waals surface area contributed by atoms with E-state index in [2.05, 4.69) is 14.7 Å². The smallest absolute Gasteiger partial charge is 0.263 e. The van der Waals surface area contributed by atoms with Crippen molar-refractivity contribution in [2.24, 2.45) is 0 Å². The quantitative estimate of drug-likeness (QED) is 0.805. The molecule has 3 aromatic rings. The Balaban J connectivity index is 2.09. The predicted octanol–water partition coefficient (Wildman–Crippen LogP) is 3.08. The summed E-state index contributed by atoms with van der Waals surface area (Å²) in [5, 5.41) is 1.20. The van der Waals surface area contributed by atoms with Crippen molar-refractivity contribution in [1.29, 1.82) is 0 Å². The van der Waals surface area contributed by atoms with E-state index in [9.17, 15) is 8.42 Å². The van der Waals surface area contributed by atoms with E-state index < -0.39 is 10.0 Å². The van der Waals surface area contributed by atoms with Crippen LogP contribution < -0.4 is 4.72 Å². The fraction of sp³-hybridized carbons (Fsp3) is 0.